The molecule has 1 aliphatic rings. The van der Waals surface area contributed by atoms with Crippen LogP contribution < -0.4 is 10.5 Å². The molecule has 1 atom stereocenters. The number of ether oxygens (including phenoxy) is 1. The van der Waals surface area contributed by atoms with Crippen LogP contribution in [0.25, 0.3) is 0 Å². The number of aryl methyl sites for hydroxylation is 1. The van der Waals surface area contributed by atoms with E-state index in [-0.39, 0.29) is 6.04 Å². The molecule has 1 aromatic carbocycles. The van der Waals surface area contributed by atoms with Gasteiger partial charge in [-0.1, -0.05) is 36.5 Å². The quantitative estimate of drug-likeness (QED) is 0.943. The Morgan fingerprint density at radius 2 is 2.20 bits per heavy atom. The summed E-state index contributed by atoms with van der Waals surface area (Å²) >= 11 is 1.39. The van der Waals surface area contributed by atoms with Gasteiger partial charge in [-0.25, -0.2) is 0 Å². The Bertz CT molecular complexity index is 609. The lowest BCUT2D eigenvalue weighted by Gasteiger charge is -2.23. The molecule has 5 heteroatoms. The molecule has 0 saturated carbocycles. The van der Waals surface area contributed by atoms with Gasteiger partial charge in [-0.2, -0.15) is 0 Å². The first kappa shape index (κ1) is 13.5. The molecule has 1 aliphatic heterocycles. The lowest BCUT2D eigenvalue weighted by molar-refractivity contribution is 0.284. The smallest absolute Gasteiger partial charge is 0.127 e. The fourth-order valence-electron chi connectivity index (χ4n) is 2.62. The Hall–Kier alpha value is -1.46. The normalized spacial score (nSPS) is 15.8. The van der Waals surface area contributed by atoms with Gasteiger partial charge in [-0.15, -0.1) is 5.10 Å². The maximum Gasteiger partial charge on any atom is 0.127 e. The molecule has 1 aromatic heterocycles. The molecule has 0 bridgehead atoms. The zero-order valence-corrected chi connectivity index (χ0v) is 12.6. The number of nitrogens with two attached hydrogens (primary N) is 1. The summed E-state index contributed by atoms with van der Waals surface area (Å²) in [6, 6.07) is 6.03. The minimum Gasteiger partial charge on any atom is -0.493 e. The van der Waals surface area contributed by atoms with Crippen LogP contribution in [0.4, 0.5) is 0 Å². The molecule has 4 nitrogen and oxygen atoms in total. The second kappa shape index (κ2) is 5.50. The summed E-state index contributed by atoms with van der Waals surface area (Å²) in [4.78, 5) is 1.04. The number of rotatable bonds is 3. The molecule has 2 aromatic rings. The van der Waals surface area contributed by atoms with Gasteiger partial charge in [-0.3, -0.25) is 0 Å². The third-order valence-corrected chi connectivity index (χ3v) is 4.49. The van der Waals surface area contributed by atoms with E-state index in [1.54, 1.807) is 0 Å². The average Bonchev–Trinajstić information content (AvgIpc) is 2.95. The summed E-state index contributed by atoms with van der Waals surface area (Å²) in [6.45, 7) is 5.00. The highest BCUT2D eigenvalue weighted by molar-refractivity contribution is 7.05. The molecule has 0 aliphatic carbocycles. The molecular formula is C15H19N3OS. The molecule has 2 N–H and O–H groups in total. The average molecular weight is 289 g/mol. The van der Waals surface area contributed by atoms with Crippen LogP contribution in [0.15, 0.2) is 18.2 Å². The standard InChI is InChI=1S/C15H19N3OS/c1-9(2)13-15(20-18-17-13)12(16)11-7-3-5-10-6-4-8-19-14(10)11/h3,5,7,9,12H,4,6,8,16H2,1-2H3. The molecule has 0 amide bonds. The third-order valence-electron chi connectivity index (χ3n) is 3.67. The first-order valence-electron chi connectivity index (χ1n) is 7.00. The van der Waals surface area contributed by atoms with E-state index in [1.165, 1.54) is 17.1 Å². The van der Waals surface area contributed by atoms with E-state index in [4.69, 9.17) is 10.5 Å². The van der Waals surface area contributed by atoms with Crippen molar-refractivity contribution in [3.8, 4) is 5.75 Å². The zero-order chi connectivity index (χ0) is 14.1. The van der Waals surface area contributed by atoms with Gasteiger partial charge < -0.3 is 10.5 Å². The second-order valence-corrected chi connectivity index (χ2v) is 6.23. The summed E-state index contributed by atoms with van der Waals surface area (Å²) in [5.74, 6) is 1.30. The highest BCUT2D eigenvalue weighted by atomic mass is 32.1. The van der Waals surface area contributed by atoms with Crippen molar-refractivity contribution in [2.24, 2.45) is 5.73 Å². The molecular weight excluding hydrogens is 270 g/mol. The van der Waals surface area contributed by atoms with Crippen LogP contribution in [-0.2, 0) is 6.42 Å². The van der Waals surface area contributed by atoms with Gasteiger partial charge in [-0.05, 0) is 35.9 Å². The minimum atomic E-state index is -0.208. The van der Waals surface area contributed by atoms with Crippen LogP contribution in [0.2, 0.25) is 0 Å². The summed E-state index contributed by atoms with van der Waals surface area (Å²) in [6.07, 6.45) is 2.14. The first-order chi connectivity index (χ1) is 9.68. The van der Waals surface area contributed by atoms with Crippen molar-refractivity contribution in [2.45, 2.75) is 38.6 Å². The van der Waals surface area contributed by atoms with Crippen molar-refractivity contribution in [1.29, 1.82) is 0 Å². The van der Waals surface area contributed by atoms with Gasteiger partial charge >= 0.3 is 0 Å². The summed E-state index contributed by atoms with van der Waals surface area (Å²) < 4.78 is 9.93. The SMILES string of the molecule is CC(C)c1nnsc1C(N)c1cccc2c1OCCC2. The number of nitrogens with zero attached hydrogens (tertiary/aromatic N) is 2. The van der Waals surface area contributed by atoms with E-state index in [2.05, 4.69) is 41.6 Å². The molecule has 20 heavy (non-hydrogen) atoms. The van der Waals surface area contributed by atoms with Crippen LogP contribution >= 0.6 is 11.5 Å². The predicted molar refractivity (Wildman–Crippen MR) is 80.3 cm³/mol. The van der Waals surface area contributed by atoms with Gasteiger partial charge in [0.05, 0.1) is 23.2 Å². The number of aromatic nitrogens is 2. The second-order valence-electron chi connectivity index (χ2n) is 5.44. The van der Waals surface area contributed by atoms with Gasteiger partial charge in [0, 0.05) is 5.56 Å². The number of hydrogen-bond acceptors (Lipinski definition) is 5. The molecule has 0 fully saturated rings. The highest BCUT2D eigenvalue weighted by Gasteiger charge is 2.24. The van der Waals surface area contributed by atoms with Crippen molar-refractivity contribution < 1.29 is 4.74 Å². The molecule has 0 spiro atoms. The minimum absolute atomic E-state index is 0.208. The van der Waals surface area contributed by atoms with E-state index in [1.807, 2.05) is 0 Å². The van der Waals surface area contributed by atoms with E-state index >= 15 is 0 Å². The van der Waals surface area contributed by atoms with Crippen molar-refractivity contribution in [3.05, 3.63) is 39.9 Å². The Kier molecular flexibility index (Phi) is 3.72. The third kappa shape index (κ3) is 2.31. The monoisotopic (exact) mass is 289 g/mol. The molecule has 1 unspecified atom stereocenters. The maximum atomic E-state index is 6.47. The van der Waals surface area contributed by atoms with Gasteiger partial charge in [0.1, 0.15) is 5.75 Å². The first-order valence-corrected chi connectivity index (χ1v) is 7.78. The van der Waals surface area contributed by atoms with E-state index in [0.717, 1.165) is 41.3 Å². The lowest BCUT2D eigenvalue weighted by atomic mass is 9.95. The predicted octanol–water partition coefficient (Wildman–Crippen LogP) is 3.03. The van der Waals surface area contributed by atoms with Gasteiger partial charge in [0.2, 0.25) is 0 Å². The Morgan fingerprint density at radius 1 is 1.35 bits per heavy atom. The fraction of sp³-hybridized carbons (Fsp3) is 0.467. The number of benzene rings is 1. The highest BCUT2D eigenvalue weighted by Crippen LogP contribution is 2.37. The molecule has 2 heterocycles. The van der Waals surface area contributed by atoms with E-state index < -0.39 is 0 Å². The maximum absolute atomic E-state index is 6.47. The van der Waals surface area contributed by atoms with Crippen molar-refractivity contribution >= 4 is 11.5 Å². The van der Waals surface area contributed by atoms with E-state index in [9.17, 15) is 0 Å². The summed E-state index contributed by atoms with van der Waals surface area (Å²) in [7, 11) is 0. The van der Waals surface area contributed by atoms with Crippen LogP contribution in [0.1, 0.15) is 53.9 Å². The molecule has 0 saturated heterocycles. The van der Waals surface area contributed by atoms with E-state index in [0.29, 0.717) is 5.92 Å². The molecule has 0 radical (unpaired) electrons. The van der Waals surface area contributed by atoms with Gasteiger partial charge in [0.15, 0.2) is 0 Å². The molecule has 106 valence electrons. The van der Waals surface area contributed by atoms with Crippen LogP contribution in [-0.4, -0.2) is 16.2 Å². The number of hydrogen-bond donors (Lipinski definition) is 1. The summed E-state index contributed by atoms with van der Waals surface area (Å²) in [5.41, 5.74) is 9.78. The van der Waals surface area contributed by atoms with Crippen LogP contribution in [0.5, 0.6) is 5.75 Å². The van der Waals surface area contributed by atoms with Crippen LogP contribution in [0.3, 0.4) is 0 Å². The Labute approximate surface area is 123 Å². The van der Waals surface area contributed by atoms with Crippen LogP contribution in [0, 0.1) is 0 Å². The van der Waals surface area contributed by atoms with Crippen molar-refractivity contribution in [2.75, 3.05) is 6.61 Å². The fourth-order valence-corrected chi connectivity index (χ4v) is 3.45. The molecule has 3 rings (SSSR count). The zero-order valence-electron chi connectivity index (χ0n) is 11.8. The lowest BCUT2D eigenvalue weighted by Crippen LogP contribution is -2.17. The number of para-hydroxylation sites is 1. The Morgan fingerprint density at radius 3 is 3.00 bits per heavy atom. The van der Waals surface area contributed by atoms with Gasteiger partial charge in [0.25, 0.3) is 0 Å². The Balaban J connectivity index is 2.02. The topological polar surface area (TPSA) is 61.0 Å². The number of fused-ring (bicyclic) bond motifs is 1. The largest absolute Gasteiger partial charge is 0.493 e. The summed E-state index contributed by atoms with van der Waals surface area (Å²) in [5, 5.41) is 4.22. The van der Waals surface area contributed by atoms with Crippen molar-refractivity contribution in [3.63, 3.8) is 0 Å². The van der Waals surface area contributed by atoms with Crippen molar-refractivity contribution in [1.82, 2.24) is 9.59 Å².